The summed E-state index contributed by atoms with van der Waals surface area (Å²) in [5.74, 6) is 3.31. The van der Waals surface area contributed by atoms with Gasteiger partial charge in [0.2, 0.25) is 6.79 Å². The number of ether oxygens (including phenoxy) is 2. The monoisotopic (exact) mass is 453 g/mol. The highest BCUT2D eigenvalue weighted by molar-refractivity contribution is 6.07. The van der Waals surface area contributed by atoms with E-state index in [0.717, 1.165) is 56.0 Å². The van der Waals surface area contributed by atoms with E-state index in [0.29, 0.717) is 17.9 Å². The number of hydrogen-bond acceptors (Lipinski definition) is 6. The molecule has 2 fully saturated rings. The van der Waals surface area contributed by atoms with Gasteiger partial charge in [0.1, 0.15) is 17.1 Å². The average molecular weight is 454 g/mol. The molecule has 0 saturated carbocycles. The lowest BCUT2D eigenvalue weighted by Gasteiger charge is -2.40. The number of piperidine rings is 1. The number of aryl methyl sites for hydroxylation is 1. The van der Waals surface area contributed by atoms with E-state index >= 15 is 0 Å². The molecule has 2 aromatic rings. The predicted octanol–water partition coefficient (Wildman–Crippen LogP) is 3.68. The maximum atomic E-state index is 13.6. The van der Waals surface area contributed by atoms with Crippen LogP contribution in [-0.2, 0) is 24.3 Å². The van der Waals surface area contributed by atoms with Crippen molar-refractivity contribution in [2.45, 2.75) is 58.2 Å². The molecule has 3 aliphatic rings. The lowest BCUT2D eigenvalue weighted by molar-refractivity contribution is -0.134. The summed E-state index contributed by atoms with van der Waals surface area (Å²) in [6, 6.07) is 9.30. The van der Waals surface area contributed by atoms with Crippen molar-refractivity contribution < 1.29 is 23.5 Å². The Morgan fingerprint density at radius 3 is 2.48 bits per heavy atom. The molecule has 8 nitrogen and oxygen atoms in total. The quantitative estimate of drug-likeness (QED) is 0.644. The van der Waals surface area contributed by atoms with Crippen molar-refractivity contribution in [2.24, 2.45) is 5.92 Å². The first-order valence-electron chi connectivity index (χ1n) is 11.8. The highest BCUT2D eigenvalue weighted by atomic mass is 16.7. The lowest BCUT2D eigenvalue weighted by atomic mass is 9.75. The van der Waals surface area contributed by atoms with Crippen LogP contribution >= 0.6 is 0 Å². The molecule has 3 aliphatic heterocycles. The first kappa shape index (κ1) is 21.8. The fourth-order valence-electron chi connectivity index (χ4n) is 5.32. The topological polar surface area (TPSA) is 84.3 Å². The van der Waals surface area contributed by atoms with E-state index in [-0.39, 0.29) is 31.2 Å². The number of carbonyl (C=O) groups excluding carboxylic acids is 2. The second-order valence-corrected chi connectivity index (χ2v) is 9.11. The Morgan fingerprint density at radius 1 is 1.00 bits per heavy atom. The number of nitrogens with one attached hydrogen (secondary N) is 1. The number of benzene rings is 1. The zero-order valence-electron chi connectivity index (χ0n) is 19.3. The number of amides is 3. The maximum Gasteiger partial charge on any atom is 0.325 e. The van der Waals surface area contributed by atoms with Crippen LogP contribution in [-0.4, -0.2) is 47.2 Å². The molecule has 2 saturated heterocycles. The molecule has 5 rings (SSSR count). The first-order valence-corrected chi connectivity index (χ1v) is 11.8. The molecule has 1 atom stereocenters. The van der Waals surface area contributed by atoms with E-state index in [4.69, 9.17) is 13.9 Å². The molecule has 0 bridgehead atoms. The fraction of sp³-hybridized carbons (Fsp3) is 0.520. The van der Waals surface area contributed by atoms with Crippen molar-refractivity contribution in [3.05, 3.63) is 47.4 Å². The van der Waals surface area contributed by atoms with Crippen molar-refractivity contribution in [2.75, 3.05) is 19.9 Å². The van der Waals surface area contributed by atoms with Crippen LogP contribution in [0.1, 0.15) is 50.2 Å². The van der Waals surface area contributed by atoms with Crippen molar-refractivity contribution >= 4 is 11.9 Å². The van der Waals surface area contributed by atoms with E-state index < -0.39 is 5.54 Å². The Hall–Kier alpha value is -3.00. The van der Waals surface area contributed by atoms with Gasteiger partial charge in [-0.05, 0) is 68.1 Å². The fourth-order valence-corrected chi connectivity index (χ4v) is 5.32. The molecular formula is C25H31N3O5. The molecule has 1 aromatic heterocycles. The van der Waals surface area contributed by atoms with E-state index in [1.165, 1.54) is 4.90 Å². The Kier molecular flexibility index (Phi) is 5.78. The van der Waals surface area contributed by atoms with Crippen LogP contribution in [0.15, 0.2) is 34.7 Å². The predicted molar refractivity (Wildman–Crippen MR) is 121 cm³/mol. The normalized spacial score (nSPS) is 23.4. The summed E-state index contributed by atoms with van der Waals surface area (Å²) in [7, 11) is 0. The van der Waals surface area contributed by atoms with Crippen LogP contribution in [0.4, 0.5) is 4.79 Å². The highest BCUT2D eigenvalue weighted by Crippen LogP contribution is 2.38. The van der Waals surface area contributed by atoms with Crippen LogP contribution in [0.5, 0.6) is 11.5 Å². The largest absolute Gasteiger partial charge is 0.465 e. The molecule has 0 aliphatic carbocycles. The average Bonchev–Trinajstić information content (AvgIpc) is 3.54. The number of urea groups is 1. The number of nitrogens with zero attached hydrogens (tertiary/aromatic N) is 2. The van der Waals surface area contributed by atoms with Gasteiger partial charge in [0.25, 0.3) is 5.91 Å². The van der Waals surface area contributed by atoms with E-state index in [1.54, 1.807) is 0 Å². The molecule has 8 heteroatoms. The van der Waals surface area contributed by atoms with Crippen LogP contribution in [0, 0.1) is 5.92 Å². The maximum absolute atomic E-state index is 13.6. The SMILES string of the molecule is CCc1ccc(CN2CCC([C@]3(CC)NC(=O)N(Cc4ccc5c(c4)OCO5)C3=O)CC2)o1. The number of likely N-dealkylation sites (tertiary alicyclic amines) is 1. The molecule has 33 heavy (non-hydrogen) atoms. The standard InChI is InChI=1S/C25H31N3O5/c1-3-19-6-7-20(33-19)15-27-11-9-18(10-12-27)25(4-2)23(29)28(24(30)26-25)14-17-5-8-21-22(13-17)32-16-31-21/h5-8,13,18H,3-4,9-12,14-16H2,1-2H3,(H,26,30)/t25-/m0/s1. The van der Waals surface area contributed by atoms with Crippen molar-refractivity contribution in [1.29, 1.82) is 0 Å². The molecule has 0 unspecified atom stereocenters. The van der Waals surface area contributed by atoms with Crippen LogP contribution < -0.4 is 14.8 Å². The summed E-state index contributed by atoms with van der Waals surface area (Å²) < 4.78 is 16.7. The summed E-state index contributed by atoms with van der Waals surface area (Å²) >= 11 is 0. The molecule has 0 spiro atoms. The molecule has 1 aromatic carbocycles. The van der Waals surface area contributed by atoms with E-state index in [2.05, 4.69) is 17.1 Å². The molecule has 0 radical (unpaired) electrons. The highest BCUT2D eigenvalue weighted by Gasteiger charge is 2.54. The van der Waals surface area contributed by atoms with Crippen molar-refractivity contribution in [3.63, 3.8) is 0 Å². The van der Waals surface area contributed by atoms with Crippen molar-refractivity contribution in [3.8, 4) is 11.5 Å². The Bertz CT molecular complexity index is 1040. The summed E-state index contributed by atoms with van der Waals surface area (Å²) in [6.45, 7) is 7.02. The third-order valence-corrected chi connectivity index (χ3v) is 7.27. The summed E-state index contributed by atoms with van der Waals surface area (Å²) in [5.41, 5.74) is 0.00825. The Balaban J connectivity index is 1.24. The zero-order chi connectivity index (χ0) is 23.0. The second-order valence-electron chi connectivity index (χ2n) is 9.11. The minimum absolute atomic E-state index is 0.111. The summed E-state index contributed by atoms with van der Waals surface area (Å²) in [4.78, 5) is 30.2. The second kappa shape index (κ2) is 8.74. The minimum Gasteiger partial charge on any atom is -0.465 e. The van der Waals surface area contributed by atoms with Crippen LogP contribution in [0.2, 0.25) is 0 Å². The van der Waals surface area contributed by atoms with Crippen LogP contribution in [0.3, 0.4) is 0 Å². The van der Waals surface area contributed by atoms with E-state index in [1.807, 2.05) is 37.3 Å². The Labute approximate surface area is 193 Å². The summed E-state index contributed by atoms with van der Waals surface area (Å²) in [5, 5.41) is 3.08. The number of fused-ring (bicyclic) bond motifs is 1. The molecule has 3 amide bonds. The third-order valence-electron chi connectivity index (χ3n) is 7.27. The first-order chi connectivity index (χ1) is 16.0. The molecular weight excluding hydrogens is 422 g/mol. The molecule has 1 N–H and O–H groups in total. The van der Waals surface area contributed by atoms with Gasteiger partial charge < -0.3 is 19.2 Å². The van der Waals surface area contributed by atoms with Gasteiger partial charge in [-0.15, -0.1) is 0 Å². The van der Waals surface area contributed by atoms with Crippen molar-refractivity contribution in [1.82, 2.24) is 15.1 Å². The van der Waals surface area contributed by atoms with Gasteiger partial charge in [-0.25, -0.2) is 4.79 Å². The molecule has 4 heterocycles. The number of hydrogen-bond donors (Lipinski definition) is 1. The van der Waals surface area contributed by atoms with Gasteiger partial charge in [-0.3, -0.25) is 14.6 Å². The van der Waals surface area contributed by atoms with Gasteiger partial charge in [-0.2, -0.15) is 0 Å². The van der Waals surface area contributed by atoms with Gasteiger partial charge in [-0.1, -0.05) is 19.9 Å². The number of furan rings is 1. The zero-order valence-corrected chi connectivity index (χ0v) is 19.3. The molecule has 176 valence electrons. The smallest absolute Gasteiger partial charge is 0.325 e. The number of carbonyl (C=O) groups is 2. The van der Waals surface area contributed by atoms with Gasteiger partial charge in [0.05, 0.1) is 13.1 Å². The Morgan fingerprint density at radius 2 is 1.76 bits per heavy atom. The van der Waals surface area contributed by atoms with E-state index in [9.17, 15) is 9.59 Å². The number of imide groups is 1. The lowest BCUT2D eigenvalue weighted by Crippen LogP contribution is -2.55. The third kappa shape index (κ3) is 3.97. The van der Waals surface area contributed by atoms with Gasteiger partial charge in [0.15, 0.2) is 11.5 Å². The number of rotatable bonds is 7. The summed E-state index contributed by atoms with van der Waals surface area (Å²) in [6.07, 6.45) is 3.20. The minimum atomic E-state index is -0.834. The van der Waals surface area contributed by atoms with Gasteiger partial charge in [0, 0.05) is 6.42 Å². The van der Waals surface area contributed by atoms with Crippen LogP contribution in [0.25, 0.3) is 0 Å². The van der Waals surface area contributed by atoms with Gasteiger partial charge >= 0.3 is 6.03 Å².